The number of benzene rings is 2. The van der Waals surface area contributed by atoms with Crippen molar-refractivity contribution in [1.29, 1.82) is 0 Å². The Morgan fingerprint density at radius 2 is 1.50 bits per heavy atom. The molecule has 0 bridgehead atoms. The average Bonchev–Trinajstić information content (AvgIpc) is 2.85. The summed E-state index contributed by atoms with van der Waals surface area (Å²) in [6.45, 7) is 5.91. The van der Waals surface area contributed by atoms with E-state index >= 15 is 0 Å². The second-order valence-corrected chi connectivity index (χ2v) is 8.92. The first kappa shape index (κ1) is 23.8. The number of piperazine rings is 2. The van der Waals surface area contributed by atoms with Crippen molar-refractivity contribution in [3.63, 3.8) is 0 Å². The van der Waals surface area contributed by atoms with Crippen LogP contribution in [0.2, 0.25) is 0 Å². The van der Waals surface area contributed by atoms with E-state index in [9.17, 15) is 9.59 Å². The molecule has 2 aromatic carbocycles. The zero-order valence-corrected chi connectivity index (χ0v) is 19.9. The number of likely N-dealkylation sites (N-methyl/N-ethyl adjacent to an activating group) is 1. The van der Waals surface area contributed by atoms with Crippen LogP contribution in [-0.4, -0.2) is 94.2 Å². The number of carbonyl (C=O) groups is 2. The Morgan fingerprint density at radius 3 is 2.12 bits per heavy atom. The Kier molecular flexibility index (Phi) is 7.54. The fraction of sp³-hybridized carbons (Fsp3) is 0.440. The van der Waals surface area contributed by atoms with Crippen LogP contribution in [0.15, 0.2) is 48.5 Å². The third kappa shape index (κ3) is 5.78. The van der Waals surface area contributed by atoms with Crippen LogP contribution in [0.1, 0.15) is 0 Å². The first-order valence-corrected chi connectivity index (χ1v) is 11.7. The molecule has 0 aliphatic carbocycles. The van der Waals surface area contributed by atoms with E-state index in [2.05, 4.69) is 27.1 Å². The van der Waals surface area contributed by atoms with Crippen LogP contribution in [0.5, 0.6) is 5.75 Å². The SMILES string of the molecule is COc1ccc(N2CCN(CC(=O)Nc3ccc(N4CCN(C)CC4)cc3)C(C(N)=O)C2)cc1. The standard InChI is InChI=1S/C25H34N6O3/c1-28-11-13-29(14-12-28)20-5-3-19(4-6-20)27-24(32)18-31-16-15-30(17-23(31)25(26)33)21-7-9-22(34-2)10-8-21/h3-10,23H,11-18H2,1-2H3,(H2,26,33)(H,27,32). The molecule has 0 aromatic heterocycles. The monoisotopic (exact) mass is 466 g/mol. The van der Waals surface area contributed by atoms with Crippen molar-refractivity contribution in [2.75, 3.05) is 81.6 Å². The number of hydrogen-bond acceptors (Lipinski definition) is 7. The molecule has 0 spiro atoms. The molecule has 34 heavy (non-hydrogen) atoms. The number of ether oxygens (including phenoxy) is 1. The van der Waals surface area contributed by atoms with E-state index < -0.39 is 11.9 Å². The van der Waals surface area contributed by atoms with Crippen molar-refractivity contribution in [2.24, 2.45) is 5.73 Å². The highest BCUT2D eigenvalue weighted by Gasteiger charge is 2.32. The number of methoxy groups -OCH3 is 1. The summed E-state index contributed by atoms with van der Waals surface area (Å²) in [5, 5.41) is 2.95. The molecule has 1 unspecified atom stereocenters. The maximum absolute atomic E-state index is 12.7. The van der Waals surface area contributed by atoms with Crippen molar-refractivity contribution in [1.82, 2.24) is 9.80 Å². The molecule has 0 radical (unpaired) electrons. The van der Waals surface area contributed by atoms with Crippen LogP contribution >= 0.6 is 0 Å². The first-order valence-electron chi connectivity index (χ1n) is 11.7. The van der Waals surface area contributed by atoms with Gasteiger partial charge in [-0.15, -0.1) is 0 Å². The van der Waals surface area contributed by atoms with Gasteiger partial charge in [0, 0.05) is 62.9 Å². The van der Waals surface area contributed by atoms with Crippen LogP contribution in [-0.2, 0) is 9.59 Å². The zero-order valence-electron chi connectivity index (χ0n) is 19.9. The molecule has 9 nitrogen and oxygen atoms in total. The quantitative estimate of drug-likeness (QED) is 0.630. The summed E-state index contributed by atoms with van der Waals surface area (Å²) >= 11 is 0. The average molecular weight is 467 g/mol. The molecular formula is C25H34N6O3. The minimum absolute atomic E-state index is 0.115. The van der Waals surface area contributed by atoms with Gasteiger partial charge in [-0.2, -0.15) is 0 Å². The second-order valence-electron chi connectivity index (χ2n) is 8.92. The lowest BCUT2D eigenvalue weighted by Gasteiger charge is -2.40. The number of carbonyl (C=O) groups excluding carboxylic acids is 2. The lowest BCUT2D eigenvalue weighted by Crippen LogP contribution is -2.59. The molecule has 2 aliphatic rings. The summed E-state index contributed by atoms with van der Waals surface area (Å²) in [5.41, 5.74) is 8.61. The van der Waals surface area contributed by atoms with Crippen molar-refractivity contribution >= 4 is 28.9 Å². The van der Waals surface area contributed by atoms with E-state index in [1.165, 1.54) is 0 Å². The van der Waals surface area contributed by atoms with Crippen LogP contribution in [0, 0.1) is 0 Å². The molecular weight excluding hydrogens is 432 g/mol. The zero-order chi connectivity index (χ0) is 24.1. The van der Waals surface area contributed by atoms with E-state index in [0.29, 0.717) is 19.6 Å². The molecule has 2 aromatic rings. The molecule has 2 aliphatic heterocycles. The maximum atomic E-state index is 12.7. The van der Waals surface area contributed by atoms with Gasteiger partial charge in [-0.25, -0.2) is 0 Å². The molecule has 3 N–H and O–H groups in total. The summed E-state index contributed by atoms with van der Waals surface area (Å²) < 4.78 is 5.22. The van der Waals surface area contributed by atoms with Gasteiger partial charge in [0.2, 0.25) is 11.8 Å². The van der Waals surface area contributed by atoms with Crippen LogP contribution in [0.4, 0.5) is 17.1 Å². The number of amides is 2. The fourth-order valence-corrected chi connectivity index (χ4v) is 4.51. The van der Waals surface area contributed by atoms with Crippen molar-refractivity contribution in [3.8, 4) is 5.75 Å². The van der Waals surface area contributed by atoms with Gasteiger partial charge >= 0.3 is 0 Å². The van der Waals surface area contributed by atoms with Crippen LogP contribution in [0.25, 0.3) is 0 Å². The summed E-state index contributed by atoms with van der Waals surface area (Å²) in [6.07, 6.45) is 0. The Bertz CT molecular complexity index is 973. The molecule has 182 valence electrons. The van der Waals surface area contributed by atoms with Gasteiger partial charge < -0.3 is 30.5 Å². The molecule has 4 rings (SSSR count). The van der Waals surface area contributed by atoms with Gasteiger partial charge in [-0.3, -0.25) is 14.5 Å². The van der Waals surface area contributed by atoms with Gasteiger partial charge in [0.05, 0.1) is 13.7 Å². The number of primary amides is 1. The summed E-state index contributed by atoms with van der Waals surface area (Å²) in [6, 6.07) is 15.1. The molecule has 2 fully saturated rings. The number of hydrogen-bond donors (Lipinski definition) is 2. The summed E-state index contributed by atoms with van der Waals surface area (Å²) in [4.78, 5) is 33.6. The highest BCUT2D eigenvalue weighted by Crippen LogP contribution is 2.23. The first-order chi connectivity index (χ1) is 16.4. The van der Waals surface area contributed by atoms with E-state index in [1.54, 1.807) is 7.11 Å². The number of nitrogens with two attached hydrogens (primary N) is 1. The largest absolute Gasteiger partial charge is 0.497 e. The van der Waals surface area contributed by atoms with Gasteiger partial charge in [-0.1, -0.05) is 0 Å². The van der Waals surface area contributed by atoms with E-state index in [1.807, 2.05) is 53.4 Å². The van der Waals surface area contributed by atoms with Gasteiger partial charge in [0.15, 0.2) is 0 Å². The Labute approximate surface area is 201 Å². The topological polar surface area (TPSA) is 94.4 Å². The lowest BCUT2D eigenvalue weighted by atomic mass is 10.1. The minimum Gasteiger partial charge on any atom is -0.497 e. The van der Waals surface area contributed by atoms with Crippen molar-refractivity contribution in [2.45, 2.75) is 6.04 Å². The highest BCUT2D eigenvalue weighted by atomic mass is 16.5. The fourth-order valence-electron chi connectivity index (χ4n) is 4.51. The van der Waals surface area contributed by atoms with Crippen molar-refractivity contribution in [3.05, 3.63) is 48.5 Å². The van der Waals surface area contributed by atoms with Gasteiger partial charge in [-0.05, 0) is 55.6 Å². The summed E-state index contributed by atoms with van der Waals surface area (Å²) in [5.74, 6) is 0.195. The number of nitrogens with one attached hydrogen (secondary N) is 1. The number of rotatable bonds is 7. The number of anilines is 3. The lowest BCUT2D eigenvalue weighted by molar-refractivity contribution is -0.125. The predicted molar refractivity (Wildman–Crippen MR) is 135 cm³/mol. The third-order valence-electron chi connectivity index (χ3n) is 6.62. The Balaban J connectivity index is 1.32. The Hall–Kier alpha value is -3.30. The maximum Gasteiger partial charge on any atom is 0.238 e. The third-order valence-corrected chi connectivity index (χ3v) is 6.62. The van der Waals surface area contributed by atoms with E-state index in [4.69, 9.17) is 10.5 Å². The van der Waals surface area contributed by atoms with Crippen LogP contribution in [0.3, 0.4) is 0 Å². The number of nitrogens with zero attached hydrogens (tertiary/aromatic N) is 4. The molecule has 9 heteroatoms. The van der Waals surface area contributed by atoms with Gasteiger partial charge in [0.1, 0.15) is 11.8 Å². The molecule has 1 atom stereocenters. The van der Waals surface area contributed by atoms with Crippen LogP contribution < -0.4 is 25.6 Å². The highest BCUT2D eigenvalue weighted by molar-refractivity contribution is 5.93. The van der Waals surface area contributed by atoms with Gasteiger partial charge in [0.25, 0.3) is 0 Å². The molecule has 2 amide bonds. The van der Waals surface area contributed by atoms with Crippen molar-refractivity contribution < 1.29 is 14.3 Å². The minimum atomic E-state index is -0.541. The van der Waals surface area contributed by atoms with E-state index in [-0.39, 0.29) is 12.5 Å². The molecule has 2 saturated heterocycles. The predicted octanol–water partition coefficient (Wildman–Crippen LogP) is 1.06. The second kappa shape index (κ2) is 10.8. The Morgan fingerprint density at radius 1 is 0.912 bits per heavy atom. The van der Waals surface area contributed by atoms with E-state index in [0.717, 1.165) is 49.0 Å². The smallest absolute Gasteiger partial charge is 0.238 e. The molecule has 0 saturated carbocycles. The summed E-state index contributed by atoms with van der Waals surface area (Å²) in [7, 11) is 3.77. The normalized spacial score (nSPS) is 19.6. The molecule has 2 heterocycles.